The molecule has 0 heterocycles. The lowest BCUT2D eigenvalue weighted by atomic mass is 9.67. The molecule has 2 atom stereocenters. The molecule has 14 heavy (non-hydrogen) atoms. The fourth-order valence-electron chi connectivity index (χ4n) is 3.03. The fourth-order valence-corrected chi connectivity index (χ4v) is 3.03. The SMILES string of the molecule is CCCCCC1(CN)CCCC(C)C1. The van der Waals surface area contributed by atoms with Gasteiger partial charge in [-0.25, -0.2) is 0 Å². The second-order valence-electron chi connectivity index (χ2n) is 5.36. The summed E-state index contributed by atoms with van der Waals surface area (Å²) in [5.41, 5.74) is 6.50. The maximum atomic E-state index is 5.98. The van der Waals surface area contributed by atoms with Crippen molar-refractivity contribution in [1.29, 1.82) is 0 Å². The third-order valence-electron chi connectivity index (χ3n) is 3.93. The van der Waals surface area contributed by atoms with Gasteiger partial charge in [-0.2, -0.15) is 0 Å². The van der Waals surface area contributed by atoms with E-state index in [1.165, 1.54) is 51.4 Å². The minimum Gasteiger partial charge on any atom is -0.330 e. The molecule has 0 aliphatic heterocycles. The molecule has 1 fully saturated rings. The molecule has 1 heteroatoms. The molecule has 0 amide bonds. The van der Waals surface area contributed by atoms with E-state index in [9.17, 15) is 0 Å². The van der Waals surface area contributed by atoms with Crippen LogP contribution in [-0.4, -0.2) is 6.54 Å². The first-order chi connectivity index (χ1) is 6.72. The number of nitrogens with two attached hydrogens (primary N) is 1. The zero-order chi connectivity index (χ0) is 10.4. The van der Waals surface area contributed by atoms with Gasteiger partial charge in [0.2, 0.25) is 0 Å². The van der Waals surface area contributed by atoms with Crippen LogP contribution in [0.25, 0.3) is 0 Å². The largest absolute Gasteiger partial charge is 0.330 e. The molecule has 0 aromatic carbocycles. The van der Waals surface area contributed by atoms with Crippen molar-refractivity contribution >= 4 is 0 Å². The maximum Gasteiger partial charge on any atom is -0.00204 e. The fraction of sp³-hybridized carbons (Fsp3) is 1.00. The number of hydrogen-bond acceptors (Lipinski definition) is 1. The second-order valence-corrected chi connectivity index (χ2v) is 5.36. The average molecular weight is 197 g/mol. The Morgan fingerprint density at radius 1 is 1.36 bits per heavy atom. The van der Waals surface area contributed by atoms with Gasteiger partial charge < -0.3 is 5.73 Å². The highest BCUT2D eigenvalue weighted by Gasteiger charge is 2.32. The number of unbranched alkanes of at least 4 members (excludes halogenated alkanes) is 2. The molecule has 84 valence electrons. The molecule has 0 aromatic heterocycles. The molecule has 2 N–H and O–H groups in total. The van der Waals surface area contributed by atoms with Crippen molar-refractivity contribution in [2.24, 2.45) is 17.1 Å². The predicted octanol–water partition coefficient (Wildman–Crippen LogP) is 3.72. The summed E-state index contributed by atoms with van der Waals surface area (Å²) in [4.78, 5) is 0. The highest BCUT2D eigenvalue weighted by molar-refractivity contribution is 4.86. The van der Waals surface area contributed by atoms with Crippen LogP contribution in [0, 0.1) is 11.3 Å². The van der Waals surface area contributed by atoms with Gasteiger partial charge in [0, 0.05) is 0 Å². The lowest BCUT2D eigenvalue weighted by Crippen LogP contribution is -2.35. The maximum absolute atomic E-state index is 5.98. The molecule has 1 saturated carbocycles. The predicted molar refractivity (Wildman–Crippen MR) is 63.3 cm³/mol. The zero-order valence-corrected chi connectivity index (χ0v) is 10.0. The zero-order valence-electron chi connectivity index (χ0n) is 10.0. The third-order valence-corrected chi connectivity index (χ3v) is 3.93. The Bertz CT molecular complexity index is 155. The van der Waals surface area contributed by atoms with Crippen LogP contribution in [0.4, 0.5) is 0 Å². The molecule has 1 aliphatic carbocycles. The minimum absolute atomic E-state index is 0.521. The summed E-state index contributed by atoms with van der Waals surface area (Å²) < 4.78 is 0. The molecule has 0 bridgehead atoms. The van der Waals surface area contributed by atoms with Crippen LogP contribution in [0.15, 0.2) is 0 Å². The topological polar surface area (TPSA) is 26.0 Å². The second kappa shape index (κ2) is 5.75. The van der Waals surface area contributed by atoms with E-state index in [1.807, 2.05) is 0 Å². The Balaban J connectivity index is 2.39. The molecule has 1 aliphatic rings. The van der Waals surface area contributed by atoms with Gasteiger partial charge >= 0.3 is 0 Å². The molecule has 0 saturated heterocycles. The van der Waals surface area contributed by atoms with Gasteiger partial charge in [0.05, 0.1) is 0 Å². The van der Waals surface area contributed by atoms with Gasteiger partial charge in [-0.3, -0.25) is 0 Å². The summed E-state index contributed by atoms with van der Waals surface area (Å²) in [6.07, 6.45) is 11.1. The van der Waals surface area contributed by atoms with Crippen molar-refractivity contribution in [2.45, 2.75) is 65.2 Å². The van der Waals surface area contributed by atoms with E-state index in [-0.39, 0.29) is 0 Å². The number of rotatable bonds is 5. The van der Waals surface area contributed by atoms with Gasteiger partial charge in [0.1, 0.15) is 0 Å². The van der Waals surface area contributed by atoms with E-state index < -0.39 is 0 Å². The Morgan fingerprint density at radius 2 is 2.14 bits per heavy atom. The Morgan fingerprint density at radius 3 is 2.71 bits per heavy atom. The van der Waals surface area contributed by atoms with Crippen LogP contribution < -0.4 is 5.73 Å². The van der Waals surface area contributed by atoms with E-state index in [0.717, 1.165) is 12.5 Å². The van der Waals surface area contributed by atoms with E-state index in [0.29, 0.717) is 5.41 Å². The quantitative estimate of drug-likeness (QED) is 0.668. The third kappa shape index (κ3) is 3.27. The smallest absolute Gasteiger partial charge is 0.00204 e. The normalized spacial score (nSPS) is 33.2. The first-order valence-corrected chi connectivity index (χ1v) is 6.42. The molecule has 0 radical (unpaired) electrons. The van der Waals surface area contributed by atoms with Crippen LogP contribution in [0.5, 0.6) is 0 Å². The van der Waals surface area contributed by atoms with Crippen molar-refractivity contribution in [1.82, 2.24) is 0 Å². The molecular formula is C13H27N. The Hall–Kier alpha value is -0.0400. The first kappa shape index (κ1) is 12.0. The summed E-state index contributed by atoms with van der Waals surface area (Å²) in [5.74, 6) is 0.911. The van der Waals surface area contributed by atoms with E-state index in [1.54, 1.807) is 0 Å². The molecule has 1 nitrogen and oxygen atoms in total. The highest BCUT2D eigenvalue weighted by Crippen LogP contribution is 2.42. The molecular weight excluding hydrogens is 170 g/mol. The summed E-state index contributed by atoms with van der Waals surface area (Å²) in [6, 6.07) is 0. The average Bonchev–Trinajstić information content (AvgIpc) is 2.18. The lowest BCUT2D eigenvalue weighted by Gasteiger charge is -2.39. The van der Waals surface area contributed by atoms with Crippen LogP contribution in [0.3, 0.4) is 0 Å². The molecule has 1 rings (SSSR count). The number of hydrogen-bond donors (Lipinski definition) is 1. The van der Waals surface area contributed by atoms with Crippen LogP contribution in [-0.2, 0) is 0 Å². The highest BCUT2D eigenvalue weighted by atomic mass is 14.6. The summed E-state index contributed by atoms with van der Waals surface area (Å²) in [5, 5.41) is 0. The Kier molecular flexibility index (Phi) is 4.94. The van der Waals surface area contributed by atoms with E-state index >= 15 is 0 Å². The van der Waals surface area contributed by atoms with Crippen molar-refractivity contribution < 1.29 is 0 Å². The summed E-state index contributed by atoms with van der Waals surface area (Å²) in [7, 11) is 0. The van der Waals surface area contributed by atoms with Gasteiger partial charge in [-0.1, -0.05) is 46.0 Å². The minimum atomic E-state index is 0.521. The summed E-state index contributed by atoms with van der Waals surface area (Å²) in [6.45, 7) is 5.59. The van der Waals surface area contributed by atoms with E-state index in [4.69, 9.17) is 5.73 Å². The van der Waals surface area contributed by atoms with Crippen LogP contribution in [0.1, 0.15) is 65.2 Å². The van der Waals surface area contributed by atoms with E-state index in [2.05, 4.69) is 13.8 Å². The van der Waals surface area contributed by atoms with Crippen molar-refractivity contribution in [3.05, 3.63) is 0 Å². The van der Waals surface area contributed by atoms with Crippen LogP contribution >= 0.6 is 0 Å². The monoisotopic (exact) mass is 197 g/mol. The molecule has 0 aromatic rings. The standard InChI is InChI=1S/C13H27N/c1-3-4-5-8-13(11-14)9-6-7-12(2)10-13/h12H,3-11,14H2,1-2H3. The van der Waals surface area contributed by atoms with Gasteiger partial charge in [0.25, 0.3) is 0 Å². The molecule has 2 unspecified atom stereocenters. The van der Waals surface area contributed by atoms with Crippen molar-refractivity contribution in [3.8, 4) is 0 Å². The van der Waals surface area contributed by atoms with Crippen LogP contribution in [0.2, 0.25) is 0 Å². The lowest BCUT2D eigenvalue weighted by molar-refractivity contribution is 0.137. The van der Waals surface area contributed by atoms with Crippen molar-refractivity contribution in [3.63, 3.8) is 0 Å². The van der Waals surface area contributed by atoms with Gasteiger partial charge in [0.15, 0.2) is 0 Å². The van der Waals surface area contributed by atoms with Gasteiger partial charge in [-0.15, -0.1) is 0 Å². The first-order valence-electron chi connectivity index (χ1n) is 6.42. The van der Waals surface area contributed by atoms with Gasteiger partial charge in [-0.05, 0) is 37.1 Å². The van der Waals surface area contributed by atoms with Crippen molar-refractivity contribution in [2.75, 3.05) is 6.54 Å². The molecule has 0 spiro atoms. The summed E-state index contributed by atoms with van der Waals surface area (Å²) >= 11 is 0. The Labute approximate surface area is 89.5 Å².